The molecule has 0 saturated carbocycles. The van der Waals surface area contributed by atoms with Crippen molar-refractivity contribution in [3.8, 4) is 6.01 Å². The van der Waals surface area contributed by atoms with Gasteiger partial charge in [-0.2, -0.15) is 41.3 Å². The number of hydrogen-bond acceptors (Lipinski definition) is 7. The molecule has 0 amide bonds. The Balaban J connectivity index is 2.34. The van der Waals surface area contributed by atoms with Crippen LogP contribution < -0.4 is 15.0 Å². The van der Waals surface area contributed by atoms with Crippen LogP contribution in [0.4, 0.5) is 38.2 Å². The zero-order valence-electron chi connectivity index (χ0n) is 13.3. The number of nitrogens with one attached hydrogen (secondary N) is 1. The van der Waals surface area contributed by atoms with E-state index in [4.69, 9.17) is 4.74 Å². The van der Waals surface area contributed by atoms with Gasteiger partial charge in [0.05, 0.1) is 13.2 Å². The molecule has 1 fully saturated rings. The third kappa shape index (κ3) is 5.34. The van der Waals surface area contributed by atoms with Gasteiger partial charge in [-0.15, -0.1) is 6.58 Å². The number of nitrogens with zero attached hydrogens (tertiary/aromatic N) is 4. The van der Waals surface area contributed by atoms with E-state index in [9.17, 15) is 26.3 Å². The molecule has 1 saturated heterocycles. The van der Waals surface area contributed by atoms with Crippen LogP contribution in [0.1, 0.15) is 0 Å². The van der Waals surface area contributed by atoms with Crippen LogP contribution >= 0.6 is 0 Å². The second-order valence-electron chi connectivity index (χ2n) is 5.09. The minimum atomic E-state index is -5.68. The normalized spacial score (nSPS) is 15.9. The Kier molecular flexibility index (Phi) is 6.10. The first-order valence-electron chi connectivity index (χ1n) is 7.35. The molecule has 0 spiro atoms. The maximum absolute atomic E-state index is 12.7. The van der Waals surface area contributed by atoms with E-state index in [1.807, 2.05) is 0 Å². The van der Waals surface area contributed by atoms with Crippen molar-refractivity contribution in [1.29, 1.82) is 0 Å². The van der Waals surface area contributed by atoms with Crippen LogP contribution in [-0.2, 0) is 4.74 Å². The molecular formula is C13H15F6N5O2. The van der Waals surface area contributed by atoms with Crippen LogP contribution in [0.2, 0.25) is 0 Å². The van der Waals surface area contributed by atoms with Gasteiger partial charge in [-0.3, -0.25) is 0 Å². The second kappa shape index (κ2) is 7.93. The molecule has 0 aromatic carbocycles. The highest BCUT2D eigenvalue weighted by atomic mass is 19.4. The fourth-order valence-corrected chi connectivity index (χ4v) is 1.97. The van der Waals surface area contributed by atoms with Crippen molar-refractivity contribution >= 4 is 11.9 Å². The van der Waals surface area contributed by atoms with Crippen LogP contribution in [0.3, 0.4) is 0 Å². The highest BCUT2D eigenvalue weighted by molar-refractivity contribution is 5.39. The van der Waals surface area contributed by atoms with Crippen molar-refractivity contribution in [2.24, 2.45) is 0 Å². The summed E-state index contributed by atoms with van der Waals surface area (Å²) < 4.78 is 85.3. The first-order valence-corrected chi connectivity index (χ1v) is 7.35. The lowest BCUT2D eigenvalue weighted by Gasteiger charge is -2.27. The minimum Gasteiger partial charge on any atom is -0.440 e. The average Bonchev–Trinajstić information content (AvgIpc) is 2.56. The number of anilines is 2. The molecule has 1 aromatic heterocycles. The number of aromatic nitrogens is 3. The standard InChI is InChI=1S/C13H15F6N5O2/c1-2-3-20-9-21-10(24-4-6-25-7-5-24)23-11(22-9)26-8(12(14,15)16)13(17,18)19/h2,8H,1,3-7H2,(H,20,21,22,23). The summed E-state index contributed by atoms with van der Waals surface area (Å²) in [6, 6.07) is -1.09. The number of halogens is 6. The quantitative estimate of drug-likeness (QED) is 0.593. The molecule has 7 nitrogen and oxygen atoms in total. The first kappa shape index (κ1) is 20.0. The molecule has 1 aliphatic rings. The largest absolute Gasteiger partial charge is 0.440 e. The minimum absolute atomic E-state index is 0.118. The smallest absolute Gasteiger partial charge is 0.434 e. The van der Waals surface area contributed by atoms with Gasteiger partial charge in [-0.05, 0) is 0 Å². The molecule has 0 aliphatic carbocycles. The molecular weight excluding hydrogens is 372 g/mol. The summed E-state index contributed by atoms with van der Waals surface area (Å²) in [6.07, 6.45) is -14.0. The van der Waals surface area contributed by atoms with Gasteiger partial charge < -0.3 is 19.7 Å². The highest BCUT2D eigenvalue weighted by Crippen LogP contribution is 2.36. The molecule has 13 heteroatoms. The zero-order valence-corrected chi connectivity index (χ0v) is 13.3. The van der Waals surface area contributed by atoms with Gasteiger partial charge in [-0.1, -0.05) is 6.08 Å². The van der Waals surface area contributed by atoms with Crippen LogP contribution in [-0.4, -0.2) is 66.3 Å². The van der Waals surface area contributed by atoms with E-state index >= 15 is 0 Å². The monoisotopic (exact) mass is 387 g/mol. The highest BCUT2D eigenvalue weighted by Gasteiger charge is 2.59. The fourth-order valence-electron chi connectivity index (χ4n) is 1.97. The molecule has 0 unspecified atom stereocenters. The van der Waals surface area contributed by atoms with E-state index in [1.165, 1.54) is 11.0 Å². The van der Waals surface area contributed by atoms with Crippen molar-refractivity contribution < 1.29 is 35.8 Å². The molecule has 2 rings (SSSR count). The Morgan fingerprint density at radius 1 is 1.12 bits per heavy atom. The number of hydrogen-bond donors (Lipinski definition) is 1. The van der Waals surface area contributed by atoms with E-state index < -0.39 is 24.5 Å². The maximum atomic E-state index is 12.7. The molecule has 1 N–H and O–H groups in total. The van der Waals surface area contributed by atoms with E-state index in [1.54, 1.807) is 0 Å². The number of alkyl halides is 6. The molecule has 0 radical (unpaired) electrons. The lowest BCUT2D eigenvalue weighted by Crippen LogP contribution is -2.47. The van der Waals surface area contributed by atoms with Crippen molar-refractivity contribution in [1.82, 2.24) is 15.0 Å². The van der Waals surface area contributed by atoms with Gasteiger partial charge in [0.25, 0.3) is 6.10 Å². The Hall–Kier alpha value is -2.31. The van der Waals surface area contributed by atoms with Gasteiger partial charge in [0.15, 0.2) is 0 Å². The van der Waals surface area contributed by atoms with Crippen molar-refractivity contribution in [2.75, 3.05) is 43.1 Å². The summed E-state index contributed by atoms with van der Waals surface area (Å²) in [4.78, 5) is 12.6. The van der Waals surface area contributed by atoms with E-state index in [2.05, 4.69) is 31.6 Å². The predicted molar refractivity (Wildman–Crippen MR) is 78.1 cm³/mol. The Morgan fingerprint density at radius 2 is 1.73 bits per heavy atom. The fraction of sp³-hybridized carbons (Fsp3) is 0.615. The van der Waals surface area contributed by atoms with Gasteiger partial charge in [-0.25, -0.2) is 0 Å². The summed E-state index contributed by atoms with van der Waals surface area (Å²) in [7, 11) is 0. The topological polar surface area (TPSA) is 72.4 Å². The summed E-state index contributed by atoms with van der Waals surface area (Å²) in [5.41, 5.74) is 0. The summed E-state index contributed by atoms with van der Waals surface area (Å²) in [6.45, 7) is 4.81. The summed E-state index contributed by atoms with van der Waals surface area (Å²) in [5.74, 6) is -0.354. The van der Waals surface area contributed by atoms with Gasteiger partial charge >= 0.3 is 18.4 Å². The summed E-state index contributed by atoms with van der Waals surface area (Å²) in [5, 5.41) is 2.58. The van der Waals surface area contributed by atoms with Crippen LogP contribution in [0.15, 0.2) is 12.7 Å². The number of ether oxygens (including phenoxy) is 2. The Bertz CT molecular complexity index is 604. The molecule has 2 heterocycles. The molecule has 0 bridgehead atoms. The van der Waals surface area contributed by atoms with E-state index in [-0.39, 0.29) is 18.4 Å². The first-order chi connectivity index (χ1) is 12.1. The SMILES string of the molecule is C=CCNc1nc(OC(C(F)(F)F)C(F)(F)F)nc(N2CCOCC2)n1. The zero-order chi connectivity index (χ0) is 19.4. The summed E-state index contributed by atoms with van der Waals surface area (Å²) >= 11 is 0. The van der Waals surface area contributed by atoms with Gasteiger partial charge in [0, 0.05) is 19.6 Å². The number of rotatable bonds is 6. The van der Waals surface area contributed by atoms with Crippen molar-refractivity contribution in [2.45, 2.75) is 18.5 Å². The third-order valence-electron chi connectivity index (χ3n) is 3.12. The average molecular weight is 387 g/mol. The molecule has 146 valence electrons. The molecule has 1 aromatic rings. The molecule has 0 atom stereocenters. The van der Waals surface area contributed by atoms with Gasteiger partial charge in [0.2, 0.25) is 11.9 Å². The second-order valence-corrected chi connectivity index (χ2v) is 5.09. The van der Waals surface area contributed by atoms with Gasteiger partial charge in [0.1, 0.15) is 0 Å². The lowest BCUT2D eigenvalue weighted by atomic mass is 10.3. The predicted octanol–water partition coefficient (Wildman–Crippen LogP) is 2.18. The van der Waals surface area contributed by atoms with Crippen molar-refractivity contribution in [3.63, 3.8) is 0 Å². The van der Waals surface area contributed by atoms with Crippen LogP contribution in [0.5, 0.6) is 6.01 Å². The van der Waals surface area contributed by atoms with Crippen LogP contribution in [0, 0.1) is 0 Å². The number of morpholine rings is 1. The maximum Gasteiger partial charge on any atom is 0.434 e. The Morgan fingerprint density at radius 3 is 2.27 bits per heavy atom. The van der Waals surface area contributed by atoms with E-state index in [0.717, 1.165) is 0 Å². The molecule has 1 aliphatic heterocycles. The van der Waals surface area contributed by atoms with Crippen molar-refractivity contribution in [3.05, 3.63) is 12.7 Å². The van der Waals surface area contributed by atoms with E-state index in [0.29, 0.717) is 26.3 Å². The Labute approximate surface area is 144 Å². The third-order valence-corrected chi connectivity index (χ3v) is 3.12. The lowest BCUT2D eigenvalue weighted by molar-refractivity contribution is -0.301. The molecule has 26 heavy (non-hydrogen) atoms. The van der Waals surface area contributed by atoms with Crippen LogP contribution in [0.25, 0.3) is 0 Å².